The number of thiazole rings is 1. The number of benzene rings is 1. The lowest BCUT2D eigenvalue weighted by molar-refractivity contribution is 0.0569. The van der Waals surface area contributed by atoms with Crippen molar-refractivity contribution in [1.82, 2.24) is 9.88 Å². The van der Waals surface area contributed by atoms with Crippen LogP contribution in [-0.2, 0) is 0 Å². The van der Waals surface area contributed by atoms with Crippen molar-refractivity contribution in [2.45, 2.75) is 45.6 Å². The smallest absolute Gasteiger partial charge is 0.273 e. The molecule has 2 aromatic rings. The molecule has 1 saturated heterocycles. The molecule has 1 aromatic heterocycles. The van der Waals surface area contributed by atoms with E-state index in [2.05, 4.69) is 37.0 Å². The summed E-state index contributed by atoms with van der Waals surface area (Å²) in [6, 6.07) is 6.43. The Hall–Kier alpha value is -1.72. The largest absolute Gasteiger partial charge is 0.396 e. The standard InChI is InChI=1S/C19H24N2O2S/c1-13-6-7-16(14(2)11-13)18-20-17(12-24-18)19(23)21-9-4-3-5-15(21)8-10-22/h6-7,11-12,15,22H,3-5,8-10H2,1-2H3. The quantitative estimate of drug-likeness (QED) is 0.918. The second-order valence-corrected chi connectivity index (χ2v) is 7.37. The summed E-state index contributed by atoms with van der Waals surface area (Å²) >= 11 is 1.52. The minimum Gasteiger partial charge on any atom is -0.396 e. The van der Waals surface area contributed by atoms with E-state index in [9.17, 15) is 9.90 Å². The van der Waals surface area contributed by atoms with Gasteiger partial charge in [-0.2, -0.15) is 0 Å². The Morgan fingerprint density at radius 2 is 2.21 bits per heavy atom. The first-order valence-corrected chi connectivity index (χ1v) is 9.43. The van der Waals surface area contributed by atoms with Crippen molar-refractivity contribution < 1.29 is 9.90 Å². The molecule has 128 valence electrons. The third-order valence-electron chi connectivity index (χ3n) is 4.69. The van der Waals surface area contributed by atoms with Crippen molar-refractivity contribution >= 4 is 17.2 Å². The van der Waals surface area contributed by atoms with Gasteiger partial charge in [0.2, 0.25) is 0 Å². The van der Waals surface area contributed by atoms with E-state index >= 15 is 0 Å². The SMILES string of the molecule is Cc1ccc(-c2nc(C(=O)N3CCCCC3CCO)cs2)c(C)c1. The molecule has 1 aliphatic heterocycles. The number of likely N-dealkylation sites (tertiary alicyclic amines) is 1. The molecule has 5 heteroatoms. The highest BCUT2D eigenvalue weighted by atomic mass is 32.1. The molecule has 1 aliphatic rings. The molecular weight excluding hydrogens is 320 g/mol. The number of rotatable bonds is 4. The van der Waals surface area contributed by atoms with E-state index in [0.717, 1.165) is 36.4 Å². The van der Waals surface area contributed by atoms with Crippen LogP contribution >= 0.6 is 11.3 Å². The molecule has 1 amide bonds. The first kappa shape index (κ1) is 17.1. The van der Waals surface area contributed by atoms with E-state index < -0.39 is 0 Å². The van der Waals surface area contributed by atoms with Crippen molar-refractivity contribution in [1.29, 1.82) is 0 Å². The van der Waals surface area contributed by atoms with E-state index in [1.165, 1.54) is 22.5 Å². The number of hydrogen-bond acceptors (Lipinski definition) is 4. The molecule has 1 fully saturated rings. The lowest BCUT2D eigenvalue weighted by Crippen LogP contribution is -2.44. The summed E-state index contributed by atoms with van der Waals surface area (Å²) < 4.78 is 0. The number of piperidine rings is 1. The van der Waals surface area contributed by atoms with Crippen LogP contribution in [0.4, 0.5) is 0 Å². The van der Waals surface area contributed by atoms with Crippen LogP contribution in [0.1, 0.15) is 47.3 Å². The van der Waals surface area contributed by atoms with Crippen LogP contribution in [0.2, 0.25) is 0 Å². The van der Waals surface area contributed by atoms with Crippen LogP contribution in [-0.4, -0.2) is 40.1 Å². The van der Waals surface area contributed by atoms with Gasteiger partial charge in [-0.25, -0.2) is 4.98 Å². The highest BCUT2D eigenvalue weighted by molar-refractivity contribution is 7.13. The van der Waals surface area contributed by atoms with Crippen LogP contribution < -0.4 is 0 Å². The van der Waals surface area contributed by atoms with E-state index in [0.29, 0.717) is 12.1 Å². The zero-order chi connectivity index (χ0) is 17.1. The number of carbonyl (C=O) groups is 1. The van der Waals surface area contributed by atoms with E-state index in [4.69, 9.17) is 0 Å². The van der Waals surface area contributed by atoms with Crippen LogP contribution in [0.25, 0.3) is 10.6 Å². The average Bonchev–Trinajstić information content (AvgIpc) is 3.05. The molecule has 1 aromatic carbocycles. The van der Waals surface area contributed by atoms with Gasteiger partial charge < -0.3 is 10.0 Å². The van der Waals surface area contributed by atoms with Crippen LogP contribution in [0.15, 0.2) is 23.6 Å². The van der Waals surface area contributed by atoms with Gasteiger partial charge in [-0.1, -0.05) is 23.8 Å². The van der Waals surface area contributed by atoms with Gasteiger partial charge in [-0.05, 0) is 45.1 Å². The van der Waals surface area contributed by atoms with E-state index in [1.54, 1.807) is 0 Å². The predicted molar refractivity (Wildman–Crippen MR) is 97.4 cm³/mol. The number of aliphatic hydroxyl groups excluding tert-OH is 1. The number of amides is 1. The molecule has 2 heterocycles. The Kier molecular flexibility index (Phi) is 5.31. The Bertz CT molecular complexity index is 724. The Balaban J connectivity index is 1.82. The summed E-state index contributed by atoms with van der Waals surface area (Å²) in [7, 11) is 0. The Morgan fingerprint density at radius 3 is 2.96 bits per heavy atom. The van der Waals surface area contributed by atoms with Crippen molar-refractivity contribution in [2.24, 2.45) is 0 Å². The van der Waals surface area contributed by atoms with Crippen LogP contribution in [0.3, 0.4) is 0 Å². The first-order chi connectivity index (χ1) is 11.6. The van der Waals surface area contributed by atoms with Gasteiger partial charge in [0, 0.05) is 30.1 Å². The average molecular weight is 344 g/mol. The molecular formula is C19H24N2O2S. The van der Waals surface area contributed by atoms with E-state index in [1.807, 2.05) is 10.3 Å². The minimum absolute atomic E-state index is 0.000384. The molecule has 0 saturated carbocycles. The first-order valence-electron chi connectivity index (χ1n) is 8.55. The van der Waals surface area contributed by atoms with Gasteiger partial charge >= 0.3 is 0 Å². The number of nitrogens with zero attached hydrogens (tertiary/aromatic N) is 2. The maximum absolute atomic E-state index is 12.9. The zero-order valence-electron chi connectivity index (χ0n) is 14.3. The van der Waals surface area contributed by atoms with Gasteiger partial charge in [0.15, 0.2) is 0 Å². The van der Waals surface area contributed by atoms with Crippen LogP contribution in [0.5, 0.6) is 0 Å². The number of carbonyl (C=O) groups excluding carboxylic acids is 1. The third-order valence-corrected chi connectivity index (χ3v) is 5.56. The highest BCUT2D eigenvalue weighted by Gasteiger charge is 2.28. The maximum Gasteiger partial charge on any atom is 0.273 e. The lowest BCUT2D eigenvalue weighted by atomic mass is 9.99. The molecule has 1 unspecified atom stereocenters. The zero-order valence-corrected chi connectivity index (χ0v) is 15.1. The van der Waals surface area contributed by atoms with Crippen LogP contribution in [0, 0.1) is 13.8 Å². The fraction of sp³-hybridized carbons (Fsp3) is 0.474. The van der Waals surface area contributed by atoms with Gasteiger partial charge in [-0.15, -0.1) is 11.3 Å². The summed E-state index contributed by atoms with van der Waals surface area (Å²) in [6.07, 6.45) is 3.78. The molecule has 4 nitrogen and oxygen atoms in total. The number of aliphatic hydroxyl groups is 1. The molecule has 1 atom stereocenters. The molecule has 3 rings (SSSR count). The monoisotopic (exact) mass is 344 g/mol. The summed E-state index contributed by atoms with van der Waals surface area (Å²) in [5.74, 6) is 0.000384. The fourth-order valence-corrected chi connectivity index (χ4v) is 4.30. The molecule has 0 radical (unpaired) electrons. The molecule has 1 N–H and O–H groups in total. The molecule has 24 heavy (non-hydrogen) atoms. The van der Waals surface area contributed by atoms with Crippen molar-refractivity contribution in [3.63, 3.8) is 0 Å². The number of aryl methyl sites for hydroxylation is 2. The number of aromatic nitrogens is 1. The third kappa shape index (κ3) is 3.52. The Morgan fingerprint density at radius 1 is 1.38 bits per heavy atom. The molecule has 0 bridgehead atoms. The van der Waals surface area contributed by atoms with Crippen molar-refractivity contribution in [3.8, 4) is 10.6 Å². The van der Waals surface area contributed by atoms with Crippen molar-refractivity contribution in [3.05, 3.63) is 40.4 Å². The molecule has 0 spiro atoms. The second-order valence-electron chi connectivity index (χ2n) is 6.52. The van der Waals surface area contributed by atoms with Crippen molar-refractivity contribution in [2.75, 3.05) is 13.2 Å². The van der Waals surface area contributed by atoms with E-state index in [-0.39, 0.29) is 18.6 Å². The van der Waals surface area contributed by atoms with Gasteiger partial charge in [-0.3, -0.25) is 4.79 Å². The summed E-state index contributed by atoms with van der Waals surface area (Å²) in [5.41, 5.74) is 4.03. The molecule has 0 aliphatic carbocycles. The lowest BCUT2D eigenvalue weighted by Gasteiger charge is -2.35. The highest BCUT2D eigenvalue weighted by Crippen LogP contribution is 2.29. The normalized spacial score (nSPS) is 18.0. The number of hydrogen-bond donors (Lipinski definition) is 1. The summed E-state index contributed by atoms with van der Waals surface area (Å²) in [6.45, 7) is 5.04. The maximum atomic E-state index is 12.9. The van der Waals surface area contributed by atoms with Gasteiger partial charge in [0.1, 0.15) is 10.7 Å². The second kappa shape index (κ2) is 7.45. The Labute approximate surface area is 147 Å². The fourth-order valence-electron chi connectivity index (χ4n) is 3.41. The summed E-state index contributed by atoms with van der Waals surface area (Å²) in [5, 5.41) is 12.0. The minimum atomic E-state index is 0.000384. The summed E-state index contributed by atoms with van der Waals surface area (Å²) in [4.78, 5) is 19.4. The predicted octanol–water partition coefficient (Wildman–Crippen LogP) is 3.80. The topological polar surface area (TPSA) is 53.4 Å². The van der Waals surface area contributed by atoms with Gasteiger partial charge in [0.25, 0.3) is 5.91 Å². The van der Waals surface area contributed by atoms with Gasteiger partial charge in [0.05, 0.1) is 0 Å².